The minimum absolute atomic E-state index is 0.126. The van der Waals surface area contributed by atoms with E-state index in [1.165, 1.54) is 11.1 Å². The van der Waals surface area contributed by atoms with Gasteiger partial charge in [-0.3, -0.25) is 0 Å². The highest BCUT2D eigenvalue weighted by Gasteiger charge is 2.26. The summed E-state index contributed by atoms with van der Waals surface area (Å²) in [5, 5.41) is 0. The molecule has 0 fully saturated rings. The number of benzene rings is 2. The number of hydrogen-bond acceptors (Lipinski definition) is 3. The van der Waals surface area contributed by atoms with Crippen molar-refractivity contribution in [2.75, 3.05) is 26.4 Å². The first kappa shape index (κ1) is 24.2. The molecule has 0 atom stereocenters. The number of rotatable bonds is 10. The van der Waals surface area contributed by atoms with Crippen LogP contribution < -0.4 is 9.47 Å². The van der Waals surface area contributed by atoms with E-state index in [9.17, 15) is 0 Å². The molecule has 0 aliphatic carbocycles. The second kappa shape index (κ2) is 10.3. The van der Waals surface area contributed by atoms with E-state index < -0.39 is 0 Å². The standard InChI is InChI=1S/C24H32Br2O3/c1-7-28-21-13-17(9-11-19(21)25)23(3,4)15-27-16-24(5,6)18-10-12-20(26)22(14-18)29-8-2/h9-14H,7-8,15-16H2,1-6H3. The Bertz CT molecular complexity index is 748. The summed E-state index contributed by atoms with van der Waals surface area (Å²) in [6.07, 6.45) is 0. The molecule has 0 unspecified atom stereocenters. The van der Waals surface area contributed by atoms with Crippen LogP contribution in [0, 0.1) is 0 Å². The van der Waals surface area contributed by atoms with Crippen LogP contribution in [0.2, 0.25) is 0 Å². The summed E-state index contributed by atoms with van der Waals surface area (Å²) in [7, 11) is 0. The summed E-state index contributed by atoms with van der Waals surface area (Å²) in [6, 6.07) is 12.6. The molecule has 5 heteroatoms. The van der Waals surface area contributed by atoms with Gasteiger partial charge in [0.2, 0.25) is 0 Å². The Labute approximate surface area is 192 Å². The monoisotopic (exact) mass is 526 g/mol. The second-order valence-corrected chi connectivity index (χ2v) is 10.1. The van der Waals surface area contributed by atoms with Gasteiger partial charge in [0.25, 0.3) is 0 Å². The Hall–Kier alpha value is -1.04. The van der Waals surface area contributed by atoms with Gasteiger partial charge < -0.3 is 14.2 Å². The summed E-state index contributed by atoms with van der Waals surface area (Å²) >= 11 is 7.11. The minimum Gasteiger partial charge on any atom is -0.493 e. The number of hydrogen-bond donors (Lipinski definition) is 0. The molecule has 0 aromatic heterocycles. The van der Waals surface area contributed by atoms with Crippen LogP contribution in [-0.2, 0) is 15.6 Å². The highest BCUT2D eigenvalue weighted by molar-refractivity contribution is 9.10. The predicted octanol–water partition coefficient (Wildman–Crippen LogP) is 7.28. The Morgan fingerprint density at radius 3 is 1.41 bits per heavy atom. The molecular weight excluding hydrogens is 496 g/mol. The van der Waals surface area contributed by atoms with Gasteiger partial charge >= 0.3 is 0 Å². The zero-order chi connectivity index (χ0) is 21.7. The van der Waals surface area contributed by atoms with E-state index in [0.29, 0.717) is 26.4 Å². The molecule has 0 amide bonds. The highest BCUT2D eigenvalue weighted by Crippen LogP contribution is 2.34. The molecule has 0 aliphatic rings. The van der Waals surface area contributed by atoms with E-state index >= 15 is 0 Å². The third-order valence-corrected chi connectivity index (χ3v) is 6.26. The van der Waals surface area contributed by atoms with Gasteiger partial charge in [-0.2, -0.15) is 0 Å². The molecule has 3 nitrogen and oxygen atoms in total. The maximum Gasteiger partial charge on any atom is 0.133 e. The molecule has 0 aliphatic heterocycles. The molecule has 0 saturated heterocycles. The summed E-state index contributed by atoms with van der Waals surface area (Å²) in [4.78, 5) is 0. The Balaban J connectivity index is 2.07. The fourth-order valence-corrected chi connectivity index (χ4v) is 3.83. The first-order chi connectivity index (χ1) is 13.6. The third-order valence-electron chi connectivity index (χ3n) is 4.95. The molecule has 0 bridgehead atoms. The molecule has 0 saturated carbocycles. The van der Waals surface area contributed by atoms with Gasteiger partial charge in [-0.15, -0.1) is 0 Å². The average molecular weight is 528 g/mol. The van der Waals surface area contributed by atoms with Gasteiger partial charge in [-0.05, 0) is 81.1 Å². The minimum atomic E-state index is -0.126. The lowest BCUT2D eigenvalue weighted by atomic mass is 9.84. The van der Waals surface area contributed by atoms with Crippen molar-refractivity contribution in [3.63, 3.8) is 0 Å². The van der Waals surface area contributed by atoms with Crippen LogP contribution in [0.25, 0.3) is 0 Å². The van der Waals surface area contributed by atoms with Crippen molar-refractivity contribution < 1.29 is 14.2 Å². The largest absolute Gasteiger partial charge is 0.493 e. The van der Waals surface area contributed by atoms with Gasteiger partial charge in [-0.25, -0.2) is 0 Å². The van der Waals surface area contributed by atoms with Crippen molar-refractivity contribution >= 4 is 31.9 Å². The van der Waals surface area contributed by atoms with Gasteiger partial charge in [0.15, 0.2) is 0 Å². The molecule has 2 rings (SSSR count). The number of halogens is 2. The summed E-state index contributed by atoms with van der Waals surface area (Å²) in [5.41, 5.74) is 2.14. The molecule has 29 heavy (non-hydrogen) atoms. The predicted molar refractivity (Wildman–Crippen MR) is 127 cm³/mol. The van der Waals surface area contributed by atoms with Crippen LogP contribution in [0.4, 0.5) is 0 Å². The lowest BCUT2D eigenvalue weighted by Crippen LogP contribution is -2.30. The quantitative estimate of drug-likeness (QED) is 0.325. The molecule has 0 spiro atoms. The topological polar surface area (TPSA) is 27.7 Å². The Morgan fingerprint density at radius 2 is 1.07 bits per heavy atom. The van der Waals surface area contributed by atoms with Gasteiger partial charge in [0, 0.05) is 10.8 Å². The lowest BCUT2D eigenvalue weighted by Gasteiger charge is -2.30. The van der Waals surface area contributed by atoms with Gasteiger partial charge in [0.05, 0.1) is 35.4 Å². The van der Waals surface area contributed by atoms with E-state index in [0.717, 1.165) is 20.4 Å². The van der Waals surface area contributed by atoms with E-state index in [-0.39, 0.29) is 10.8 Å². The van der Waals surface area contributed by atoms with Crippen LogP contribution in [-0.4, -0.2) is 26.4 Å². The van der Waals surface area contributed by atoms with Crippen molar-refractivity contribution in [2.45, 2.75) is 52.4 Å². The van der Waals surface area contributed by atoms with Gasteiger partial charge in [-0.1, -0.05) is 39.8 Å². The Morgan fingerprint density at radius 1 is 0.690 bits per heavy atom. The first-order valence-electron chi connectivity index (χ1n) is 10.0. The van der Waals surface area contributed by atoms with E-state index in [1.807, 2.05) is 26.0 Å². The number of ether oxygens (including phenoxy) is 3. The van der Waals surface area contributed by atoms with Crippen molar-refractivity contribution in [1.29, 1.82) is 0 Å². The summed E-state index contributed by atoms with van der Waals surface area (Å²) in [5.74, 6) is 1.74. The summed E-state index contributed by atoms with van der Waals surface area (Å²) in [6.45, 7) is 15.3. The fourth-order valence-electron chi connectivity index (χ4n) is 3.11. The van der Waals surface area contributed by atoms with E-state index in [1.54, 1.807) is 0 Å². The molecule has 160 valence electrons. The van der Waals surface area contributed by atoms with Crippen molar-refractivity contribution in [3.8, 4) is 11.5 Å². The highest BCUT2D eigenvalue weighted by atomic mass is 79.9. The summed E-state index contributed by atoms with van der Waals surface area (Å²) < 4.78 is 19.6. The van der Waals surface area contributed by atoms with Crippen molar-refractivity contribution in [3.05, 3.63) is 56.5 Å². The first-order valence-corrected chi connectivity index (χ1v) is 11.6. The normalized spacial score (nSPS) is 12.1. The van der Waals surface area contributed by atoms with Crippen LogP contribution >= 0.6 is 31.9 Å². The van der Waals surface area contributed by atoms with Crippen LogP contribution in [0.1, 0.15) is 52.7 Å². The van der Waals surface area contributed by atoms with Crippen LogP contribution in [0.3, 0.4) is 0 Å². The van der Waals surface area contributed by atoms with E-state index in [2.05, 4.69) is 83.8 Å². The maximum absolute atomic E-state index is 6.23. The molecule has 0 radical (unpaired) electrons. The van der Waals surface area contributed by atoms with Crippen molar-refractivity contribution in [1.82, 2.24) is 0 Å². The Kier molecular flexibility index (Phi) is 8.62. The van der Waals surface area contributed by atoms with Crippen LogP contribution in [0.5, 0.6) is 11.5 Å². The molecule has 0 N–H and O–H groups in total. The van der Waals surface area contributed by atoms with Crippen molar-refractivity contribution in [2.24, 2.45) is 0 Å². The zero-order valence-corrected chi connectivity index (χ0v) is 21.4. The molecular formula is C24H32Br2O3. The fraction of sp³-hybridized carbons (Fsp3) is 0.500. The molecule has 2 aromatic carbocycles. The molecule has 0 heterocycles. The van der Waals surface area contributed by atoms with Gasteiger partial charge in [0.1, 0.15) is 11.5 Å². The maximum atomic E-state index is 6.23. The smallest absolute Gasteiger partial charge is 0.133 e. The second-order valence-electron chi connectivity index (χ2n) is 8.42. The van der Waals surface area contributed by atoms with E-state index in [4.69, 9.17) is 14.2 Å². The SMILES string of the molecule is CCOc1cc(C(C)(C)COCC(C)(C)c2ccc(Br)c(OCC)c2)ccc1Br. The van der Waals surface area contributed by atoms with Crippen LogP contribution in [0.15, 0.2) is 45.3 Å². The zero-order valence-electron chi connectivity index (χ0n) is 18.3. The third kappa shape index (κ3) is 6.47. The molecule has 2 aromatic rings. The lowest BCUT2D eigenvalue weighted by molar-refractivity contribution is 0.0632. The average Bonchev–Trinajstić information content (AvgIpc) is 2.65.